The Morgan fingerprint density at radius 1 is 1.39 bits per heavy atom. The highest BCUT2D eigenvalue weighted by atomic mass is 16.6. The van der Waals surface area contributed by atoms with Crippen molar-refractivity contribution < 1.29 is 19.1 Å². The number of ether oxygens (including phenoxy) is 2. The third-order valence-corrected chi connectivity index (χ3v) is 4.65. The fraction of sp³-hybridized carbons (Fsp3) is 0.529. The van der Waals surface area contributed by atoms with Crippen molar-refractivity contribution in [3.8, 4) is 0 Å². The van der Waals surface area contributed by atoms with Crippen LogP contribution < -0.4 is 5.32 Å². The van der Waals surface area contributed by atoms with Crippen molar-refractivity contribution in [1.82, 2.24) is 10.2 Å². The molecular formula is C17H22N2O4. The molecule has 6 nitrogen and oxygen atoms in total. The summed E-state index contributed by atoms with van der Waals surface area (Å²) in [5, 5.41) is 3.09. The number of carbonyl (C=O) groups is 2. The standard InChI is InChI=1S/C17H22N2O4/c1-2-23-16(21)19-10-14(17(11-19)8-9-22-12-17)18-15(20)13-6-4-3-5-7-13/h3-7,14H,2,8-12H2,1H3,(H,18,20)/t14-,17+/m0/s1. The molecule has 2 atom stereocenters. The van der Waals surface area contributed by atoms with Gasteiger partial charge in [0.25, 0.3) is 5.91 Å². The predicted octanol–water partition coefficient (Wildman–Crippen LogP) is 1.66. The molecule has 0 unspecified atom stereocenters. The molecule has 1 spiro atoms. The van der Waals surface area contributed by atoms with E-state index in [1.807, 2.05) is 18.2 Å². The Balaban J connectivity index is 1.73. The molecule has 1 N–H and O–H groups in total. The van der Waals surface area contributed by atoms with E-state index in [2.05, 4.69) is 5.32 Å². The second-order valence-corrected chi connectivity index (χ2v) is 6.14. The van der Waals surface area contributed by atoms with Gasteiger partial charge in [-0.2, -0.15) is 0 Å². The molecule has 0 aromatic heterocycles. The predicted molar refractivity (Wildman–Crippen MR) is 84.2 cm³/mol. The molecule has 2 saturated heterocycles. The topological polar surface area (TPSA) is 67.9 Å². The zero-order valence-corrected chi connectivity index (χ0v) is 13.3. The summed E-state index contributed by atoms with van der Waals surface area (Å²) in [6.45, 7) is 4.38. The first-order valence-corrected chi connectivity index (χ1v) is 8.00. The van der Waals surface area contributed by atoms with E-state index in [1.54, 1.807) is 24.0 Å². The molecule has 2 aliphatic heterocycles. The first-order valence-electron chi connectivity index (χ1n) is 8.00. The van der Waals surface area contributed by atoms with Gasteiger partial charge in [0.2, 0.25) is 0 Å². The summed E-state index contributed by atoms with van der Waals surface area (Å²) >= 11 is 0. The van der Waals surface area contributed by atoms with Crippen molar-refractivity contribution in [2.45, 2.75) is 19.4 Å². The molecule has 1 aromatic carbocycles. The van der Waals surface area contributed by atoms with Gasteiger partial charge in [-0.05, 0) is 25.5 Å². The monoisotopic (exact) mass is 318 g/mol. The van der Waals surface area contributed by atoms with E-state index < -0.39 is 0 Å². The van der Waals surface area contributed by atoms with Crippen LogP contribution in [-0.4, -0.2) is 55.9 Å². The Kier molecular flexibility index (Phi) is 4.52. The maximum atomic E-state index is 12.5. The van der Waals surface area contributed by atoms with Crippen molar-refractivity contribution >= 4 is 12.0 Å². The molecule has 2 heterocycles. The summed E-state index contributed by atoms with van der Waals surface area (Å²) < 4.78 is 10.7. The second kappa shape index (κ2) is 6.58. The first-order chi connectivity index (χ1) is 11.1. The minimum atomic E-state index is -0.324. The fourth-order valence-electron chi connectivity index (χ4n) is 3.38. The van der Waals surface area contributed by atoms with E-state index in [-0.39, 0.29) is 23.5 Å². The van der Waals surface area contributed by atoms with Gasteiger partial charge in [-0.3, -0.25) is 4.79 Å². The van der Waals surface area contributed by atoms with E-state index in [1.165, 1.54) is 0 Å². The Bertz CT molecular complexity index is 569. The van der Waals surface area contributed by atoms with Crippen molar-refractivity contribution in [3.05, 3.63) is 35.9 Å². The van der Waals surface area contributed by atoms with Crippen LogP contribution in [0.3, 0.4) is 0 Å². The van der Waals surface area contributed by atoms with E-state index >= 15 is 0 Å². The summed E-state index contributed by atoms with van der Waals surface area (Å²) in [5.41, 5.74) is 0.410. The summed E-state index contributed by atoms with van der Waals surface area (Å²) in [7, 11) is 0. The molecule has 2 amide bonds. The zero-order chi connectivity index (χ0) is 16.3. The normalized spacial score (nSPS) is 26.5. The number of nitrogens with zero attached hydrogens (tertiary/aromatic N) is 1. The summed E-state index contributed by atoms with van der Waals surface area (Å²) in [6, 6.07) is 8.99. The van der Waals surface area contributed by atoms with Crippen LogP contribution in [0.15, 0.2) is 30.3 Å². The van der Waals surface area contributed by atoms with Gasteiger partial charge in [0.1, 0.15) is 0 Å². The molecule has 0 saturated carbocycles. The molecule has 124 valence electrons. The van der Waals surface area contributed by atoms with Crippen molar-refractivity contribution in [1.29, 1.82) is 0 Å². The van der Waals surface area contributed by atoms with Gasteiger partial charge < -0.3 is 19.7 Å². The van der Waals surface area contributed by atoms with Crippen molar-refractivity contribution in [2.24, 2.45) is 5.41 Å². The molecular weight excluding hydrogens is 296 g/mol. The van der Waals surface area contributed by atoms with Gasteiger partial charge in [-0.1, -0.05) is 18.2 Å². The lowest BCUT2D eigenvalue weighted by Gasteiger charge is -2.28. The van der Waals surface area contributed by atoms with Crippen molar-refractivity contribution in [2.75, 3.05) is 32.9 Å². The highest BCUT2D eigenvalue weighted by molar-refractivity contribution is 5.94. The van der Waals surface area contributed by atoms with Crippen LogP contribution in [0.5, 0.6) is 0 Å². The third kappa shape index (κ3) is 3.17. The van der Waals surface area contributed by atoms with E-state index in [9.17, 15) is 9.59 Å². The molecule has 0 bridgehead atoms. The molecule has 0 radical (unpaired) electrons. The maximum absolute atomic E-state index is 12.5. The number of carbonyl (C=O) groups excluding carboxylic acids is 2. The minimum absolute atomic E-state index is 0.118. The van der Waals surface area contributed by atoms with Crippen LogP contribution in [-0.2, 0) is 9.47 Å². The second-order valence-electron chi connectivity index (χ2n) is 6.14. The van der Waals surface area contributed by atoms with Crippen LogP contribution in [0.2, 0.25) is 0 Å². The lowest BCUT2D eigenvalue weighted by Crippen LogP contribution is -2.47. The maximum Gasteiger partial charge on any atom is 0.409 e. The highest BCUT2D eigenvalue weighted by Crippen LogP contribution is 2.39. The largest absolute Gasteiger partial charge is 0.450 e. The Hall–Kier alpha value is -2.08. The third-order valence-electron chi connectivity index (χ3n) is 4.65. The van der Waals surface area contributed by atoms with Gasteiger partial charge in [0.15, 0.2) is 0 Å². The van der Waals surface area contributed by atoms with Gasteiger partial charge in [-0.25, -0.2) is 4.79 Å². The number of benzene rings is 1. The number of rotatable bonds is 3. The highest BCUT2D eigenvalue weighted by Gasteiger charge is 2.51. The molecule has 1 aromatic rings. The smallest absolute Gasteiger partial charge is 0.409 e. The van der Waals surface area contributed by atoms with Crippen LogP contribution in [0.1, 0.15) is 23.7 Å². The molecule has 3 rings (SSSR count). The number of amides is 2. The summed E-state index contributed by atoms with van der Waals surface area (Å²) in [5.74, 6) is -0.118. The Morgan fingerprint density at radius 2 is 2.17 bits per heavy atom. The van der Waals surface area contributed by atoms with Gasteiger partial charge in [0, 0.05) is 30.7 Å². The minimum Gasteiger partial charge on any atom is -0.450 e. The molecule has 6 heteroatoms. The van der Waals surface area contributed by atoms with Crippen LogP contribution in [0, 0.1) is 5.41 Å². The molecule has 2 aliphatic rings. The van der Waals surface area contributed by atoms with Crippen molar-refractivity contribution in [3.63, 3.8) is 0 Å². The molecule has 2 fully saturated rings. The van der Waals surface area contributed by atoms with Crippen LogP contribution in [0.25, 0.3) is 0 Å². The lowest BCUT2D eigenvalue weighted by atomic mass is 9.82. The zero-order valence-electron chi connectivity index (χ0n) is 13.3. The van der Waals surface area contributed by atoms with Crippen LogP contribution in [0.4, 0.5) is 4.79 Å². The molecule has 23 heavy (non-hydrogen) atoms. The Labute approximate surface area is 135 Å². The van der Waals surface area contributed by atoms with Crippen LogP contribution >= 0.6 is 0 Å². The molecule has 0 aliphatic carbocycles. The number of hydrogen-bond acceptors (Lipinski definition) is 4. The average molecular weight is 318 g/mol. The average Bonchev–Trinajstić information content (AvgIpc) is 3.17. The van der Waals surface area contributed by atoms with Gasteiger partial charge in [0.05, 0.1) is 19.3 Å². The van der Waals surface area contributed by atoms with Gasteiger partial charge in [-0.15, -0.1) is 0 Å². The number of hydrogen-bond donors (Lipinski definition) is 1. The SMILES string of the molecule is CCOC(=O)N1C[C@H](NC(=O)c2ccccc2)[C@]2(CCOC2)C1. The summed E-state index contributed by atoms with van der Waals surface area (Å²) in [4.78, 5) is 26.2. The van der Waals surface area contributed by atoms with E-state index in [4.69, 9.17) is 9.47 Å². The summed E-state index contributed by atoms with van der Waals surface area (Å²) in [6.07, 6.45) is 0.512. The van der Waals surface area contributed by atoms with Gasteiger partial charge >= 0.3 is 6.09 Å². The number of likely N-dealkylation sites (tertiary alicyclic amines) is 1. The Morgan fingerprint density at radius 3 is 2.83 bits per heavy atom. The van der Waals surface area contributed by atoms with E-state index in [0.717, 1.165) is 6.42 Å². The first kappa shape index (κ1) is 15.8. The quantitative estimate of drug-likeness (QED) is 0.920. The lowest BCUT2D eigenvalue weighted by molar-refractivity contribution is 0.0889. The fourth-order valence-corrected chi connectivity index (χ4v) is 3.38. The number of nitrogens with one attached hydrogen (secondary N) is 1. The van der Waals surface area contributed by atoms with E-state index in [0.29, 0.717) is 38.5 Å².